The molecule has 0 rings (SSSR count). The fraction of sp³-hybridized carbons (Fsp3) is 1.00. The summed E-state index contributed by atoms with van der Waals surface area (Å²) in [6.07, 6.45) is 2.18. The topological polar surface area (TPSA) is 43.4 Å². The lowest BCUT2D eigenvalue weighted by molar-refractivity contribution is 0.213. The third kappa shape index (κ3) is 9.49. The normalized spacial score (nSPS) is 13.1. The third-order valence-corrected chi connectivity index (χ3v) is 15.4. The standard InChI is InChI=1S/C19H46N2O4Si2/c1-9-20(10-2)15-13-17-26(22-5,23-6)19-27(24-7,25-8)18-14-16-21(11-3)12-4/h9-19H2,1-8H3. The monoisotopic (exact) mass is 422 g/mol. The van der Waals surface area contributed by atoms with Gasteiger partial charge in [-0.25, -0.2) is 0 Å². The molecule has 0 aliphatic heterocycles. The van der Waals surface area contributed by atoms with E-state index >= 15 is 0 Å². The van der Waals surface area contributed by atoms with Gasteiger partial charge < -0.3 is 27.5 Å². The molecule has 0 aromatic heterocycles. The summed E-state index contributed by atoms with van der Waals surface area (Å²) >= 11 is 0. The van der Waals surface area contributed by atoms with Crippen molar-refractivity contribution >= 4 is 17.1 Å². The summed E-state index contributed by atoms with van der Waals surface area (Å²) < 4.78 is 24.1. The predicted molar refractivity (Wildman–Crippen MR) is 119 cm³/mol. The Hall–Kier alpha value is 0.194. The second-order valence-corrected chi connectivity index (χ2v) is 14.8. The molecule has 0 aliphatic carbocycles. The highest BCUT2D eigenvalue weighted by Crippen LogP contribution is 2.30. The van der Waals surface area contributed by atoms with Gasteiger partial charge in [-0.2, -0.15) is 0 Å². The Balaban J connectivity index is 4.97. The minimum atomic E-state index is -2.34. The molecule has 0 saturated carbocycles. The van der Waals surface area contributed by atoms with Crippen molar-refractivity contribution in [2.75, 3.05) is 67.7 Å². The number of nitrogens with zero attached hydrogens (tertiary/aromatic N) is 2. The summed E-state index contributed by atoms with van der Waals surface area (Å²) in [5, 5.41) is 0. The minimum Gasteiger partial charge on any atom is -0.398 e. The molecular weight excluding hydrogens is 376 g/mol. The fourth-order valence-electron chi connectivity index (χ4n) is 3.67. The van der Waals surface area contributed by atoms with Gasteiger partial charge in [0.15, 0.2) is 0 Å². The van der Waals surface area contributed by atoms with Gasteiger partial charge in [-0.15, -0.1) is 0 Å². The van der Waals surface area contributed by atoms with E-state index in [1.165, 1.54) is 0 Å². The van der Waals surface area contributed by atoms with Crippen molar-refractivity contribution < 1.29 is 17.7 Å². The Kier molecular flexibility index (Phi) is 15.2. The van der Waals surface area contributed by atoms with E-state index in [2.05, 4.69) is 37.5 Å². The average Bonchev–Trinajstić information content (AvgIpc) is 2.72. The van der Waals surface area contributed by atoms with Crippen LogP contribution in [0.1, 0.15) is 40.5 Å². The molecule has 0 fully saturated rings. The number of hydrogen-bond donors (Lipinski definition) is 0. The molecule has 164 valence electrons. The Bertz CT molecular complexity index is 317. The van der Waals surface area contributed by atoms with E-state index in [1.807, 2.05) is 0 Å². The largest absolute Gasteiger partial charge is 0.398 e. The maximum atomic E-state index is 6.03. The molecule has 8 heteroatoms. The van der Waals surface area contributed by atoms with Crippen molar-refractivity contribution in [1.82, 2.24) is 9.80 Å². The lowest BCUT2D eigenvalue weighted by Gasteiger charge is -2.36. The van der Waals surface area contributed by atoms with Gasteiger partial charge in [0.1, 0.15) is 0 Å². The average molecular weight is 423 g/mol. The molecule has 0 heterocycles. The maximum Gasteiger partial charge on any atom is 0.339 e. The first kappa shape index (κ1) is 27.2. The molecule has 27 heavy (non-hydrogen) atoms. The van der Waals surface area contributed by atoms with Crippen molar-refractivity contribution in [1.29, 1.82) is 0 Å². The van der Waals surface area contributed by atoms with Crippen LogP contribution in [0, 0.1) is 0 Å². The van der Waals surface area contributed by atoms with Crippen LogP contribution in [0.2, 0.25) is 17.8 Å². The molecule has 0 aromatic rings. The maximum absolute atomic E-state index is 6.03. The van der Waals surface area contributed by atoms with Crippen LogP contribution in [0.4, 0.5) is 0 Å². The molecule has 0 atom stereocenters. The van der Waals surface area contributed by atoms with Gasteiger partial charge >= 0.3 is 17.1 Å². The van der Waals surface area contributed by atoms with E-state index in [0.717, 1.165) is 69.9 Å². The Morgan fingerprint density at radius 2 is 0.852 bits per heavy atom. The predicted octanol–water partition coefficient (Wildman–Crippen LogP) is 3.46. The SMILES string of the molecule is CCN(CC)CCC[Si](C[Si](CCCN(CC)CC)(OC)OC)(OC)OC. The zero-order chi connectivity index (χ0) is 20.8. The fourth-order valence-corrected chi connectivity index (χ4v) is 13.2. The van der Waals surface area contributed by atoms with Gasteiger partial charge in [-0.3, -0.25) is 0 Å². The first-order chi connectivity index (χ1) is 12.9. The van der Waals surface area contributed by atoms with Crippen molar-refractivity contribution in [2.45, 2.75) is 58.3 Å². The van der Waals surface area contributed by atoms with Gasteiger partial charge in [0.2, 0.25) is 0 Å². The summed E-state index contributed by atoms with van der Waals surface area (Å²) in [6.45, 7) is 15.4. The second-order valence-electron chi connectivity index (χ2n) is 7.08. The van der Waals surface area contributed by atoms with Gasteiger partial charge in [0.25, 0.3) is 0 Å². The molecule has 0 amide bonds. The van der Waals surface area contributed by atoms with Crippen LogP contribution in [0.5, 0.6) is 0 Å². The highest BCUT2D eigenvalue weighted by atomic mass is 28.4. The molecule has 0 N–H and O–H groups in total. The lowest BCUT2D eigenvalue weighted by atomic mass is 10.4. The first-order valence-corrected chi connectivity index (χ1v) is 15.1. The third-order valence-electron chi connectivity index (χ3n) is 5.88. The first-order valence-electron chi connectivity index (χ1n) is 10.6. The molecule has 0 aliphatic rings. The number of rotatable bonds is 18. The smallest absolute Gasteiger partial charge is 0.339 e. The molecular formula is C19H46N2O4Si2. The molecule has 0 spiro atoms. The zero-order valence-electron chi connectivity index (χ0n) is 19.3. The Labute approximate surface area is 171 Å². The van der Waals surface area contributed by atoms with Gasteiger partial charge in [-0.1, -0.05) is 27.7 Å². The van der Waals surface area contributed by atoms with Crippen molar-refractivity contribution in [3.8, 4) is 0 Å². The molecule has 0 radical (unpaired) electrons. The van der Waals surface area contributed by atoms with Crippen LogP contribution in [0.25, 0.3) is 0 Å². The van der Waals surface area contributed by atoms with Crippen molar-refractivity contribution in [3.63, 3.8) is 0 Å². The van der Waals surface area contributed by atoms with Crippen molar-refractivity contribution in [2.24, 2.45) is 0 Å². The van der Waals surface area contributed by atoms with E-state index in [0.29, 0.717) is 0 Å². The van der Waals surface area contributed by atoms with Crippen LogP contribution >= 0.6 is 0 Å². The van der Waals surface area contributed by atoms with Crippen LogP contribution in [0.3, 0.4) is 0 Å². The summed E-state index contributed by atoms with van der Waals surface area (Å²) in [5.74, 6) is 0. The summed E-state index contributed by atoms with van der Waals surface area (Å²) in [5.41, 5.74) is 0.830. The Morgan fingerprint density at radius 1 is 0.556 bits per heavy atom. The molecule has 6 nitrogen and oxygen atoms in total. The van der Waals surface area contributed by atoms with Gasteiger partial charge in [0, 0.05) is 34.1 Å². The summed E-state index contributed by atoms with van der Waals surface area (Å²) in [7, 11) is 2.53. The molecule has 0 aromatic carbocycles. The molecule has 0 saturated heterocycles. The quantitative estimate of drug-likeness (QED) is 0.315. The van der Waals surface area contributed by atoms with Crippen LogP contribution in [-0.2, 0) is 17.7 Å². The van der Waals surface area contributed by atoms with Gasteiger partial charge in [0.05, 0.1) is 0 Å². The highest BCUT2D eigenvalue weighted by molar-refractivity contribution is 6.86. The van der Waals surface area contributed by atoms with E-state index < -0.39 is 17.1 Å². The van der Waals surface area contributed by atoms with Crippen molar-refractivity contribution in [3.05, 3.63) is 0 Å². The van der Waals surface area contributed by atoms with Gasteiger partial charge in [-0.05, 0) is 64.2 Å². The van der Waals surface area contributed by atoms with E-state index in [-0.39, 0.29) is 0 Å². The molecule has 0 unspecified atom stereocenters. The van der Waals surface area contributed by atoms with E-state index in [4.69, 9.17) is 17.7 Å². The molecule has 0 bridgehead atoms. The number of hydrogen-bond acceptors (Lipinski definition) is 6. The van der Waals surface area contributed by atoms with E-state index in [9.17, 15) is 0 Å². The minimum absolute atomic E-state index is 0.830. The Morgan fingerprint density at radius 3 is 1.07 bits per heavy atom. The van der Waals surface area contributed by atoms with E-state index in [1.54, 1.807) is 28.4 Å². The summed E-state index contributed by atoms with van der Waals surface area (Å²) in [6, 6.07) is 1.96. The second kappa shape index (κ2) is 15.1. The van der Waals surface area contributed by atoms with Crippen LogP contribution in [-0.4, -0.2) is 94.6 Å². The zero-order valence-corrected chi connectivity index (χ0v) is 21.3. The van der Waals surface area contributed by atoms with Crippen LogP contribution < -0.4 is 0 Å². The lowest BCUT2D eigenvalue weighted by Crippen LogP contribution is -2.53. The summed E-state index contributed by atoms with van der Waals surface area (Å²) in [4.78, 5) is 4.90. The van der Waals surface area contributed by atoms with Crippen LogP contribution in [0.15, 0.2) is 0 Å². The highest BCUT2D eigenvalue weighted by Gasteiger charge is 2.48.